The van der Waals surface area contributed by atoms with Crippen molar-refractivity contribution in [2.45, 2.75) is 26.3 Å². The maximum absolute atomic E-state index is 13.4. The first-order valence-corrected chi connectivity index (χ1v) is 7.02. The molecule has 0 aliphatic rings. The lowest BCUT2D eigenvalue weighted by atomic mass is 9.95. The average Bonchev–Trinajstić information content (AvgIpc) is 2.32. The second-order valence-electron chi connectivity index (χ2n) is 4.94. The SMILES string of the molecule is Cc1ccc(C)c(CC(N)c2cc(F)cc(Br)c2)c1. The second-order valence-corrected chi connectivity index (χ2v) is 5.86. The number of rotatable bonds is 3. The van der Waals surface area contributed by atoms with Crippen LogP contribution < -0.4 is 5.73 Å². The van der Waals surface area contributed by atoms with Crippen LogP contribution in [0.5, 0.6) is 0 Å². The van der Waals surface area contributed by atoms with Crippen LogP contribution in [0.25, 0.3) is 0 Å². The molecule has 0 saturated carbocycles. The molecular weight excluding hydrogens is 305 g/mol. The van der Waals surface area contributed by atoms with Gasteiger partial charge in [0.05, 0.1) is 0 Å². The quantitative estimate of drug-likeness (QED) is 0.888. The van der Waals surface area contributed by atoms with Crippen molar-refractivity contribution in [3.05, 3.63) is 68.9 Å². The van der Waals surface area contributed by atoms with Crippen molar-refractivity contribution in [2.24, 2.45) is 5.73 Å². The zero-order valence-corrected chi connectivity index (χ0v) is 12.7. The lowest BCUT2D eigenvalue weighted by Crippen LogP contribution is -2.14. The molecule has 2 rings (SSSR count). The standard InChI is InChI=1S/C16H17BrFN/c1-10-3-4-11(2)12(5-10)8-16(19)13-6-14(17)9-15(18)7-13/h3-7,9,16H,8,19H2,1-2H3. The molecule has 0 saturated heterocycles. The van der Waals surface area contributed by atoms with E-state index in [1.165, 1.54) is 28.8 Å². The summed E-state index contributed by atoms with van der Waals surface area (Å²) in [6, 6.07) is 10.9. The molecule has 2 aromatic carbocycles. The first-order chi connectivity index (χ1) is 8.95. The third-order valence-electron chi connectivity index (χ3n) is 3.26. The summed E-state index contributed by atoms with van der Waals surface area (Å²) in [4.78, 5) is 0. The minimum atomic E-state index is -0.263. The molecule has 0 amide bonds. The van der Waals surface area contributed by atoms with Crippen molar-refractivity contribution in [3.8, 4) is 0 Å². The molecule has 0 heterocycles. The maximum Gasteiger partial charge on any atom is 0.124 e. The van der Waals surface area contributed by atoms with E-state index in [9.17, 15) is 4.39 Å². The van der Waals surface area contributed by atoms with Crippen LogP contribution in [0.4, 0.5) is 4.39 Å². The van der Waals surface area contributed by atoms with E-state index in [2.05, 4.69) is 48.0 Å². The Morgan fingerprint density at radius 3 is 2.58 bits per heavy atom. The van der Waals surface area contributed by atoms with Gasteiger partial charge in [-0.05, 0) is 55.2 Å². The number of benzene rings is 2. The van der Waals surface area contributed by atoms with Crippen molar-refractivity contribution < 1.29 is 4.39 Å². The van der Waals surface area contributed by atoms with Gasteiger partial charge < -0.3 is 5.73 Å². The molecule has 100 valence electrons. The zero-order valence-electron chi connectivity index (χ0n) is 11.1. The highest BCUT2D eigenvalue weighted by Crippen LogP contribution is 2.23. The average molecular weight is 322 g/mol. The molecule has 2 N–H and O–H groups in total. The highest BCUT2D eigenvalue weighted by Gasteiger charge is 2.11. The van der Waals surface area contributed by atoms with Crippen LogP contribution in [0, 0.1) is 19.7 Å². The number of hydrogen-bond acceptors (Lipinski definition) is 1. The van der Waals surface area contributed by atoms with Gasteiger partial charge in [-0.2, -0.15) is 0 Å². The van der Waals surface area contributed by atoms with Crippen molar-refractivity contribution in [2.75, 3.05) is 0 Å². The fraction of sp³-hybridized carbons (Fsp3) is 0.250. The van der Waals surface area contributed by atoms with Gasteiger partial charge in [0.1, 0.15) is 5.82 Å². The zero-order chi connectivity index (χ0) is 14.0. The summed E-state index contributed by atoms with van der Waals surface area (Å²) < 4.78 is 14.1. The smallest absolute Gasteiger partial charge is 0.124 e. The molecule has 0 aromatic heterocycles. The van der Waals surface area contributed by atoms with Crippen LogP contribution in [0.2, 0.25) is 0 Å². The summed E-state index contributed by atoms with van der Waals surface area (Å²) >= 11 is 3.30. The third kappa shape index (κ3) is 3.64. The molecule has 0 bridgehead atoms. The van der Waals surface area contributed by atoms with Crippen LogP contribution in [-0.4, -0.2) is 0 Å². The summed E-state index contributed by atoms with van der Waals surface area (Å²) in [5.41, 5.74) is 10.7. The largest absolute Gasteiger partial charge is 0.324 e. The molecule has 0 spiro atoms. The monoisotopic (exact) mass is 321 g/mol. The Bertz CT molecular complexity index is 575. The Labute approximate surface area is 121 Å². The van der Waals surface area contributed by atoms with Gasteiger partial charge in [-0.1, -0.05) is 39.7 Å². The lowest BCUT2D eigenvalue weighted by molar-refractivity contribution is 0.617. The van der Waals surface area contributed by atoms with E-state index in [-0.39, 0.29) is 11.9 Å². The molecule has 1 unspecified atom stereocenters. The molecule has 19 heavy (non-hydrogen) atoms. The van der Waals surface area contributed by atoms with Crippen molar-refractivity contribution in [1.82, 2.24) is 0 Å². The highest BCUT2D eigenvalue weighted by molar-refractivity contribution is 9.10. The van der Waals surface area contributed by atoms with Gasteiger partial charge >= 0.3 is 0 Å². The van der Waals surface area contributed by atoms with Gasteiger partial charge in [-0.25, -0.2) is 4.39 Å². The van der Waals surface area contributed by atoms with E-state index in [0.29, 0.717) is 6.42 Å². The molecular formula is C16H17BrFN. The van der Waals surface area contributed by atoms with Gasteiger partial charge in [0.25, 0.3) is 0 Å². The Morgan fingerprint density at radius 1 is 1.16 bits per heavy atom. The Balaban J connectivity index is 2.25. The van der Waals surface area contributed by atoms with E-state index in [0.717, 1.165) is 10.0 Å². The Kier molecular flexibility index (Phi) is 4.38. The Hall–Kier alpha value is -1.19. The van der Waals surface area contributed by atoms with E-state index < -0.39 is 0 Å². The van der Waals surface area contributed by atoms with Gasteiger partial charge in [0.2, 0.25) is 0 Å². The fourth-order valence-corrected chi connectivity index (χ4v) is 2.65. The summed E-state index contributed by atoms with van der Waals surface area (Å²) in [6.07, 6.45) is 0.712. The van der Waals surface area contributed by atoms with Gasteiger partial charge in [-0.3, -0.25) is 0 Å². The molecule has 1 atom stereocenters. The minimum absolute atomic E-state index is 0.201. The number of hydrogen-bond donors (Lipinski definition) is 1. The first kappa shape index (κ1) is 14.2. The predicted molar refractivity (Wildman–Crippen MR) is 80.6 cm³/mol. The molecule has 3 heteroatoms. The van der Waals surface area contributed by atoms with E-state index >= 15 is 0 Å². The summed E-state index contributed by atoms with van der Waals surface area (Å²) in [5.74, 6) is -0.263. The van der Waals surface area contributed by atoms with Crippen molar-refractivity contribution >= 4 is 15.9 Å². The van der Waals surface area contributed by atoms with Crippen LogP contribution in [0.15, 0.2) is 40.9 Å². The molecule has 0 fully saturated rings. The summed E-state index contributed by atoms with van der Waals surface area (Å²) in [7, 11) is 0. The number of halogens is 2. The molecule has 1 nitrogen and oxygen atoms in total. The lowest BCUT2D eigenvalue weighted by Gasteiger charge is -2.15. The summed E-state index contributed by atoms with van der Waals surface area (Å²) in [6.45, 7) is 4.14. The van der Waals surface area contributed by atoms with Crippen LogP contribution >= 0.6 is 15.9 Å². The first-order valence-electron chi connectivity index (χ1n) is 6.23. The van der Waals surface area contributed by atoms with E-state index in [1.807, 2.05) is 6.07 Å². The maximum atomic E-state index is 13.4. The fourth-order valence-electron chi connectivity index (χ4n) is 2.16. The van der Waals surface area contributed by atoms with Gasteiger partial charge in [0.15, 0.2) is 0 Å². The molecule has 2 aromatic rings. The normalized spacial score (nSPS) is 12.5. The van der Waals surface area contributed by atoms with Gasteiger partial charge in [-0.15, -0.1) is 0 Å². The molecule has 0 aliphatic carbocycles. The third-order valence-corrected chi connectivity index (χ3v) is 3.72. The van der Waals surface area contributed by atoms with Crippen molar-refractivity contribution in [3.63, 3.8) is 0 Å². The van der Waals surface area contributed by atoms with E-state index in [1.54, 1.807) is 0 Å². The highest BCUT2D eigenvalue weighted by atomic mass is 79.9. The predicted octanol–water partition coefficient (Wildman–Crippen LogP) is 4.45. The van der Waals surface area contributed by atoms with Crippen LogP contribution in [-0.2, 0) is 6.42 Å². The molecule has 0 radical (unpaired) electrons. The topological polar surface area (TPSA) is 26.0 Å². The van der Waals surface area contributed by atoms with Crippen LogP contribution in [0.3, 0.4) is 0 Å². The minimum Gasteiger partial charge on any atom is -0.324 e. The summed E-state index contributed by atoms with van der Waals surface area (Å²) in [5, 5.41) is 0. The Morgan fingerprint density at radius 2 is 1.89 bits per heavy atom. The number of nitrogens with two attached hydrogens (primary N) is 1. The second kappa shape index (κ2) is 5.85. The van der Waals surface area contributed by atoms with E-state index in [4.69, 9.17) is 5.73 Å². The van der Waals surface area contributed by atoms with Gasteiger partial charge in [0, 0.05) is 10.5 Å². The van der Waals surface area contributed by atoms with Crippen LogP contribution in [0.1, 0.15) is 28.3 Å². The van der Waals surface area contributed by atoms with Crippen molar-refractivity contribution in [1.29, 1.82) is 0 Å². The molecule has 0 aliphatic heterocycles. The number of aryl methyl sites for hydroxylation is 2.